The van der Waals surface area contributed by atoms with Crippen molar-refractivity contribution in [3.8, 4) is 11.6 Å². The molecule has 1 aromatic heterocycles. The lowest BCUT2D eigenvalue weighted by Gasteiger charge is -2.32. The van der Waals surface area contributed by atoms with Crippen LogP contribution >= 0.6 is 11.6 Å². The van der Waals surface area contributed by atoms with Crippen molar-refractivity contribution in [2.75, 3.05) is 32.6 Å². The molecule has 10 heteroatoms. The molecule has 1 saturated heterocycles. The van der Waals surface area contributed by atoms with Crippen LogP contribution < -0.4 is 14.8 Å². The highest BCUT2D eigenvalue weighted by atomic mass is 35.5. The van der Waals surface area contributed by atoms with Gasteiger partial charge in [0.2, 0.25) is 15.9 Å². The molecule has 27 heavy (non-hydrogen) atoms. The summed E-state index contributed by atoms with van der Waals surface area (Å²) in [7, 11) is -0.704. The minimum absolute atomic E-state index is 0.0874. The minimum Gasteiger partial charge on any atom is -0.495 e. The molecular weight excluding hydrogens is 392 g/mol. The maximum absolute atomic E-state index is 13.0. The van der Waals surface area contributed by atoms with Gasteiger partial charge in [0, 0.05) is 30.2 Å². The third-order valence-electron chi connectivity index (χ3n) is 4.40. The van der Waals surface area contributed by atoms with Crippen molar-refractivity contribution in [3.63, 3.8) is 0 Å². The molecule has 0 atom stereocenters. The smallest absolute Gasteiger partial charge is 0.246 e. The number of aromatic nitrogens is 2. The predicted molar refractivity (Wildman–Crippen MR) is 102 cm³/mol. The Morgan fingerprint density at radius 2 is 1.89 bits per heavy atom. The molecular formula is C17H21ClN4O4S. The van der Waals surface area contributed by atoms with Gasteiger partial charge in [0.1, 0.15) is 22.8 Å². The van der Waals surface area contributed by atoms with E-state index in [4.69, 9.17) is 21.1 Å². The van der Waals surface area contributed by atoms with Crippen LogP contribution in [0, 0.1) is 0 Å². The van der Waals surface area contributed by atoms with Crippen LogP contribution in [0.3, 0.4) is 0 Å². The van der Waals surface area contributed by atoms with E-state index in [1.54, 1.807) is 25.3 Å². The second-order valence-electron chi connectivity index (χ2n) is 6.06. The van der Waals surface area contributed by atoms with Crippen LogP contribution in [-0.2, 0) is 10.0 Å². The number of benzene rings is 1. The Bertz CT molecular complexity index is 902. The number of sulfonamides is 1. The Balaban J connectivity index is 1.68. The van der Waals surface area contributed by atoms with Crippen LogP contribution in [-0.4, -0.2) is 56.0 Å². The summed E-state index contributed by atoms with van der Waals surface area (Å²) in [6.07, 6.45) is 2.72. The maximum atomic E-state index is 13.0. The van der Waals surface area contributed by atoms with Crippen LogP contribution in [0.5, 0.6) is 11.6 Å². The van der Waals surface area contributed by atoms with Gasteiger partial charge in [-0.1, -0.05) is 11.6 Å². The highest BCUT2D eigenvalue weighted by Gasteiger charge is 2.31. The molecule has 1 aliphatic heterocycles. The van der Waals surface area contributed by atoms with Crippen molar-refractivity contribution < 1.29 is 17.9 Å². The SMILES string of the molecule is COc1cc(NC2CCN(S(=O)(=O)c3cc(Cl)ccc3OC)CC2)ncn1. The molecule has 1 fully saturated rings. The summed E-state index contributed by atoms with van der Waals surface area (Å²) < 4.78 is 37.7. The van der Waals surface area contributed by atoms with Gasteiger partial charge in [0.25, 0.3) is 0 Å². The number of rotatable bonds is 6. The lowest BCUT2D eigenvalue weighted by Crippen LogP contribution is -2.42. The number of methoxy groups -OCH3 is 2. The van der Waals surface area contributed by atoms with Gasteiger partial charge < -0.3 is 14.8 Å². The summed E-state index contributed by atoms with van der Waals surface area (Å²) in [6.45, 7) is 0.774. The number of hydrogen-bond acceptors (Lipinski definition) is 7. The van der Waals surface area contributed by atoms with E-state index in [2.05, 4.69) is 15.3 Å². The van der Waals surface area contributed by atoms with E-state index in [0.717, 1.165) is 0 Å². The zero-order valence-electron chi connectivity index (χ0n) is 15.1. The molecule has 0 unspecified atom stereocenters. The summed E-state index contributed by atoms with van der Waals surface area (Å²) in [5.74, 6) is 1.41. The Morgan fingerprint density at radius 3 is 2.56 bits per heavy atom. The van der Waals surface area contributed by atoms with Crippen LogP contribution in [0.1, 0.15) is 12.8 Å². The number of ether oxygens (including phenoxy) is 2. The van der Waals surface area contributed by atoms with E-state index in [1.807, 2.05) is 0 Å². The monoisotopic (exact) mass is 412 g/mol. The zero-order chi connectivity index (χ0) is 19.4. The summed E-state index contributed by atoms with van der Waals surface area (Å²) in [6, 6.07) is 6.40. The van der Waals surface area contributed by atoms with Gasteiger partial charge in [-0.2, -0.15) is 4.31 Å². The zero-order valence-corrected chi connectivity index (χ0v) is 16.6. The van der Waals surface area contributed by atoms with Crippen molar-refractivity contribution in [3.05, 3.63) is 35.6 Å². The van der Waals surface area contributed by atoms with Crippen molar-refractivity contribution in [2.45, 2.75) is 23.8 Å². The molecule has 0 spiro atoms. The van der Waals surface area contributed by atoms with Crippen molar-refractivity contribution in [1.82, 2.24) is 14.3 Å². The van der Waals surface area contributed by atoms with Crippen LogP contribution in [0.2, 0.25) is 5.02 Å². The highest BCUT2D eigenvalue weighted by Crippen LogP contribution is 2.31. The summed E-state index contributed by atoms with van der Waals surface area (Å²) >= 11 is 5.99. The first kappa shape index (κ1) is 19.7. The van der Waals surface area contributed by atoms with Gasteiger partial charge in [-0.15, -0.1) is 0 Å². The fraction of sp³-hybridized carbons (Fsp3) is 0.412. The minimum atomic E-state index is -3.68. The lowest BCUT2D eigenvalue weighted by atomic mass is 10.1. The number of hydrogen-bond donors (Lipinski definition) is 1. The number of nitrogens with zero attached hydrogens (tertiary/aromatic N) is 3. The fourth-order valence-corrected chi connectivity index (χ4v) is 4.86. The first-order valence-electron chi connectivity index (χ1n) is 8.40. The molecule has 1 aliphatic rings. The molecule has 0 aliphatic carbocycles. The van der Waals surface area contributed by atoms with Gasteiger partial charge in [0.15, 0.2) is 0 Å². The van der Waals surface area contributed by atoms with Crippen molar-refractivity contribution >= 4 is 27.4 Å². The number of halogens is 1. The van der Waals surface area contributed by atoms with Crippen LogP contribution in [0.25, 0.3) is 0 Å². The molecule has 0 radical (unpaired) electrons. The molecule has 0 amide bonds. The predicted octanol–water partition coefficient (Wildman–Crippen LogP) is 2.41. The first-order chi connectivity index (χ1) is 12.9. The first-order valence-corrected chi connectivity index (χ1v) is 10.2. The van der Waals surface area contributed by atoms with Crippen LogP contribution in [0.15, 0.2) is 35.5 Å². The number of piperidine rings is 1. The average molecular weight is 413 g/mol. The Hall–Kier alpha value is -2.10. The normalized spacial score (nSPS) is 16.1. The molecule has 3 rings (SSSR count). The molecule has 2 heterocycles. The number of nitrogens with one attached hydrogen (secondary N) is 1. The van der Waals surface area contributed by atoms with E-state index < -0.39 is 10.0 Å². The van der Waals surface area contributed by atoms with E-state index in [9.17, 15) is 8.42 Å². The van der Waals surface area contributed by atoms with Gasteiger partial charge in [-0.05, 0) is 31.0 Å². The van der Waals surface area contributed by atoms with E-state index >= 15 is 0 Å². The largest absolute Gasteiger partial charge is 0.495 e. The average Bonchev–Trinajstić information content (AvgIpc) is 2.68. The molecule has 1 aromatic carbocycles. The second-order valence-corrected chi connectivity index (χ2v) is 8.41. The quantitative estimate of drug-likeness (QED) is 0.778. The Morgan fingerprint density at radius 1 is 1.15 bits per heavy atom. The van der Waals surface area contributed by atoms with Crippen molar-refractivity contribution in [1.29, 1.82) is 0 Å². The molecule has 0 saturated carbocycles. The molecule has 8 nitrogen and oxygen atoms in total. The Kier molecular flexibility index (Phi) is 6.03. The standard InChI is InChI=1S/C17H21ClN4O4S/c1-25-14-4-3-12(18)9-15(14)27(23,24)22-7-5-13(6-8-22)21-16-10-17(26-2)20-11-19-16/h3-4,9-11,13H,5-8H2,1-2H3,(H,19,20,21). The fourth-order valence-electron chi connectivity index (χ4n) is 2.97. The van der Waals surface area contributed by atoms with Crippen LogP contribution in [0.4, 0.5) is 5.82 Å². The van der Waals surface area contributed by atoms with Gasteiger partial charge >= 0.3 is 0 Å². The summed E-state index contributed by atoms with van der Waals surface area (Å²) in [4.78, 5) is 8.22. The highest BCUT2D eigenvalue weighted by molar-refractivity contribution is 7.89. The van der Waals surface area contributed by atoms with E-state index in [0.29, 0.717) is 42.7 Å². The van der Waals surface area contributed by atoms with E-state index in [-0.39, 0.29) is 16.7 Å². The Labute approximate surface area is 163 Å². The second kappa shape index (κ2) is 8.28. The van der Waals surface area contributed by atoms with Crippen molar-refractivity contribution in [2.24, 2.45) is 0 Å². The third kappa shape index (κ3) is 4.42. The molecule has 146 valence electrons. The molecule has 1 N–H and O–H groups in total. The molecule has 0 bridgehead atoms. The lowest BCUT2D eigenvalue weighted by molar-refractivity contribution is 0.326. The van der Waals surface area contributed by atoms with Gasteiger partial charge in [-0.25, -0.2) is 18.4 Å². The van der Waals surface area contributed by atoms with Gasteiger partial charge in [-0.3, -0.25) is 0 Å². The maximum Gasteiger partial charge on any atom is 0.246 e. The topological polar surface area (TPSA) is 93.7 Å². The van der Waals surface area contributed by atoms with E-state index in [1.165, 1.54) is 23.8 Å². The summed E-state index contributed by atoms with van der Waals surface area (Å²) in [5.41, 5.74) is 0. The summed E-state index contributed by atoms with van der Waals surface area (Å²) in [5, 5.41) is 3.65. The third-order valence-corrected chi connectivity index (χ3v) is 6.56. The van der Waals surface area contributed by atoms with Gasteiger partial charge in [0.05, 0.1) is 14.2 Å². The number of anilines is 1. The molecule has 2 aromatic rings.